The second kappa shape index (κ2) is 7.26. The van der Waals surface area contributed by atoms with Crippen molar-refractivity contribution in [2.75, 3.05) is 16.8 Å². The van der Waals surface area contributed by atoms with E-state index < -0.39 is 0 Å². The number of carbonyl (C=O) groups excluding carboxylic acids is 1. The highest BCUT2D eigenvalue weighted by Gasteiger charge is 2.08. The standard InChI is InChI=1S/C14H13N5OS/c15-9-10-3-1-2-4-11(10)19-12(20)5-8-21-14-13(16)17-6-7-18-14/h1-4,6-7H,5,8H2,(H2,16,17)(H,19,20). The van der Waals surface area contributed by atoms with Crippen molar-refractivity contribution in [3.63, 3.8) is 0 Å². The second-order valence-electron chi connectivity index (χ2n) is 4.05. The molecule has 21 heavy (non-hydrogen) atoms. The van der Waals surface area contributed by atoms with Crippen molar-refractivity contribution in [1.82, 2.24) is 9.97 Å². The number of benzene rings is 1. The molecule has 1 heterocycles. The van der Waals surface area contributed by atoms with Gasteiger partial charge in [-0.25, -0.2) is 9.97 Å². The van der Waals surface area contributed by atoms with E-state index in [0.717, 1.165) is 0 Å². The summed E-state index contributed by atoms with van der Waals surface area (Å²) >= 11 is 1.37. The quantitative estimate of drug-likeness (QED) is 0.819. The monoisotopic (exact) mass is 299 g/mol. The lowest BCUT2D eigenvalue weighted by molar-refractivity contribution is -0.115. The zero-order chi connectivity index (χ0) is 15.1. The van der Waals surface area contributed by atoms with E-state index in [0.29, 0.717) is 34.3 Å². The van der Waals surface area contributed by atoms with E-state index in [1.807, 2.05) is 6.07 Å². The number of hydrogen-bond donors (Lipinski definition) is 2. The lowest BCUT2D eigenvalue weighted by Crippen LogP contribution is -2.13. The fourth-order valence-corrected chi connectivity index (χ4v) is 2.41. The molecule has 1 aromatic carbocycles. The van der Waals surface area contributed by atoms with Gasteiger partial charge in [0, 0.05) is 24.6 Å². The molecule has 1 amide bonds. The average molecular weight is 299 g/mol. The minimum atomic E-state index is -0.160. The Morgan fingerprint density at radius 1 is 1.33 bits per heavy atom. The maximum absolute atomic E-state index is 11.9. The summed E-state index contributed by atoms with van der Waals surface area (Å²) in [5, 5.41) is 12.3. The van der Waals surface area contributed by atoms with E-state index >= 15 is 0 Å². The fourth-order valence-electron chi connectivity index (χ4n) is 1.59. The van der Waals surface area contributed by atoms with Gasteiger partial charge in [0.25, 0.3) is 0 Å². The van der Waals surface area contributed by atoms with Crippen molar-refractivity contribution in [3.8, 4) is 6.07 Å². The van der Waals surface area contributed by atoms with E-state index in [4.69, 9.17) is 11.0 Å². The van der Waals surface area contributed by atoms with E-state index in [1.165, 1.54) is 18.0 Å². The zero-order valence-electron chi connectivity index (χ0n) is 11.1. The number of rotatable bonds is 5. The smallest absolute Gasteiger partial charge is 0.225 e. The Kier molecular flexibility index (Phi) is 5.12. The number of nitrogen functional groups attached to an aromatic ring is 1. The van der Waals surface area contributed by atoms with Crippen LogP contribution in [0, 0.1) is 11.3 Å². The van der Waals surface area contributed by atoms with Crippen molar-refractivity contribution in [1.29, 1.82) is 5.26 Å². The molecule has 0 bridgehead atoms. The third-order valence-electron chi connectivity index (χ3n) is 2.58. The number of amides is 1. The molecule has 1 aromatic heterocycles. The van der Waals surface area contributed by atoms with Gasteiger partial charge in [0.1, 0.15) is 11.1 Å². The molecule has 0 saturated carbocycles. The van der Waals surface area contributed by atoms with Crippen LogP contribution in [0.1, 0.15) is 12.0 Å². The molecule has 0 unspecified atom stereocenters. The van der Waals surface area contributed by atoms with Gasteiger partial charge >= 0.3 is 0 Å². The zero-order valence-corrected chi connectivity index (χ0v) is 11.9. The number of nitrogens with zero attached hydrogens (tertiary/aromatic N) is 3. The fraction of sp³-hybridized carbons (Fsp3) is 0.143. The Bertz CT molecular complexity index is 683. The summed E-state index contributed by atoms with van der Waals surface area (Å²) in [6, 6.07) is 8.91. The Labute approximate surface area is 126 Å². The Balaban J connectivity index is 1.86. The number of hydrogen-bond acceptors (Lipinski definition) is 6. The minimum Gasteiger partial charge on any atom is -0.381 e. The molecule has 0 saturated heterocycles. The molecule has 2 aromatic rings. The first-order chi connectivity index (χ1) is 10.2. The third kappa shape index (κ3) is 4.19. The first kappa shape index (κ1) is 14.8. The Morgan fingerprint density at radius 3 is 2.86 bits per heavy atom. The van der Waals surface area contributed by atoms with E-state index in [1.54, 1.807) is 30.5 Å². The van der Waals surface area contributed by atoms with Crippen molar-refractivity contribution in [2.45, 2.75) is 11.4 Å². The van der Waals surface area contributed by atoms with Crippen molar-refractivity contribution in [3.05, 3.63) is 42.2 Å². The molecule has 0 fully saturated rings. The third-order valence-corrected chi connectivity index (χ3v) is 3.58. The van der Waals surface area contributed by atoms with Gasteiger partial charge in [-0.2, -0.15) is 5.26 Å². The lowest BCUT2D eigenvalue weighted by atomic mass is 10.2. The normalized spacial score (nSPS) is 9.86. The summed E-state index contributed by atoms with van der Waals surface area (Å²) in [7, 11) is 0. The molecular weight excluding hydrogens is 286 g/mol. The molecule has 2 rings (SSSR count). The number of thioether (sulfide) groups is 1. The van der Waals surface area contributed by atoms with E-state index in [2.05, 4.69) is 15.3 Å². The molecule has 0 atom stereocenters. The Hall–Kier alpha value is -2.59. The van der Waals surface area contributed by atoms with Crippen LogP contribution >= 0.6 is 11.8 Å². The van der Waals surface area contributed by atoms with Gasteiger partial charge in [-0.3, -0.25) is 4.79 Å². The maximum atomic E-state index is 11.9. The molecule has 106 valence electrons. The summed E-state index contributed by atoms with van der Waals surface area (Å²) in [4.78, 5) is 19.9. The van der Waals surface area contributed by atoms with Gasteiger partial charge < -0.3 is 11.1 Å². The first-order valence-electron chi connectivity index (χ1n) is 6.19. The van der Waals surface area contributed by atoms with Crippen LogP contribution in [0.5, 0.6) is 0 Å². The molecule has 0 aliphatic rings. The molecule has 3 N–H and O–H groups in total. The molecule has 6 nitrogen and oxygen atoms in total. The summed E-state index contributed by atoms with van der Waals surface area (Å²) in [5.74, 6) is 0.731. The van der Waals surface area contributed by atoms with Crippen LogP contribution < -0.4 is 11.1 Å². The number of para-hydroxylation sites is 1. The number of nitriles is 1. The number of nitrogens with one attached hydrogen (secondary N) is 1. The number of carbonyl (C=O) groups is 1. The predicted octanol–water partition coefficient (Wildman–Crippen LogP) is 2.05. The van der Waals surface area contributed by atoms with Gasteiger partial charge in [0.15, 0.2) is 5.82 Å². The summed E-state index contributed by atoms with van der Waals surface area (Å²) in [5.41, 5.74) is 6.63. The van der Waals surface area contributed by atoms with Crippen LogP contribution in [0.2, 0.25) is 0 Å². The van der Waals surface area contributed by atoms with E-state index in [-0.39, 0.29) is 5.91 Å². The molecule has 0 radical (unpaired) electrons. The van der Waals surface area contributed by atoms with Gasteiger partial charge in [0.05, 0.1) is 11.3 Å². The summed E-state index contributed by atoms with van der Waals surface area (Å²) < 4.78 is 0. The largest absolute Gasteiger partial charge is 0.381 e. The molecule has 0 aliphatic carbocycles. The van der Waals surface area contributed by atoms with Gasteiger partial charge in [0.2, 0.25) is 5.91 Å². The average Bonchev–Trinajstić information content (AvgIpc) is 2.50. The number of anilines is 2. The van der Waals surface area contributed by atoms with Crippen molar-refractivity contribution in [2.24, 2.45) is 0 Å². The highest BCUT2D eigenvalue weighted by molar-refractivity contribution is 7.99. The van der Waals surface area contributed by atoms with Crippen LogP contribution in [-0.2, 0) is 4.79 Å². The van der Waals surface area contributed by atoms with Gasteiger partial charge in [-0.1, -0.05) is 12.1 Å². The second-order valence-corrected chi connectivity index (χ2v) is 5.13. The van der Waals surface area contributed by atoms with Crippen LogP contribution in [0.4, 0.5) is 11.5 Å². The number of aromatic nitrogens is 2. The molecule has 0 aliphatic heterocycles. The summed E-state index contributed by atoms with van der Waals surface area (Å²) in [6.07, 6.45) is 3.37. The van der Waals surface area contributed by atoms with E-state index in [9.17, 15) is 4.79 Å². The maximum Gasteiger partial charge on any atom is 0.225 e. The first-order valence-corrected chi connectivity index (χ1v) is 7.17. The Morgan fingerprint density at radius 2 is 2.10 bits per heavy atom. The van der Waals surface area contributed by atoms with Crippen LogP contribution in [0.15, 0.2) is 41.7 Å². The van der Waals surface area contributed by atoms with Crippen LogP contribution in [-0.4, -0.2) is 21.6 Å². The highest BCUT2D eigenvalue weighted by atomic mass is 32.2. The van der Waals surface area contributed by atoms with Crippen molar-refractivity contribution >= 4 is 29.2 Å². The van der Waals surface area contributed by atoms with Crippen molar-refractivity contribution < 1.29 is 4.79 Å². The van der Waals surface area contributed by atoms with Gasteiger partial charge in [-0.15, -0.1) is 11.8 Å². The summed E-state index contributed by atoms with van der Waals surface area (Å²) in [6.45, 7) is 0. The molecule has 7 heteroatoms. The molecular formula is C14H13N5OS. The number of nitrogens with two attached hydrogens (primary N) is 1. The SMILES string of the molecule is N#Cc1ccccc1NC(=O)CCSc1nccnc1N. The van der Waals surface area contributed by atoms with Crippen LogP contribution in [0.25, 0.3) is 0 Å². The lowest BCUT2D eigenvalue weighted by Gasteiger charge is -2.06. The highest BCUT2D eigenvalue weighted by Crippen LogP contribution is 2.21. The van der Waals surface area contributed by atoms with Gasteiger partial charge in [-0.05, 0) is 12.1 Å². The predicted molar refractivity (Wildman–Crippen MR) is 81.6 cm³/mol. The molecule has 0 spiro atoms. The minimum absolute atomic E-state index is 0.160. The topological polar surface area (TPSA) is 105 Å². The van der Waals surface area contributed by atoms with Crippen LogP contribution in [0.3, 0.4) is 0 Å².